The van der Waals surface area contributed by atoms with Crippen LogP contribution in [-0.4, -0.2) is 16.0 Å². The molecule has 0 heterocycles. The summed E-state index contributed by atoms with van der Waals surface area (Å²) >= 11 is 0. The third-order valence-electron chi connectivity index (χ3n) is 3.59. The molecule has 0 aliphatic heterocycles. The molecule has 0 aliphatic rings. The summed E-state index contributed by atoms with van der Waals surface area (Å²) in [5.41, 5.74) is 3.09. The molecular weight excluding hydrogens is 288 g/mol. The fraction of sp³-hybridized carbons (Fsp3) is 0.350. The van der Waals surface area contributed by atoms with Crippen LogP contribution in [0.15, 0.2) is 47.6 Å². The number of aromatic hydroxyl groups is 2. The molecule has 0 bridgehead atoms. The predicted molar refractivity (Wildman–Crippen MR) is 95.0 cm³/mol. The first kappa shape index (κ1) is 18.8. The molecule has 2 N–H and O–H groups in total. The van der Waals surface area contributed by atoms with Crippen LogP contribution in [0.3, 0.4) is 0 Å². The fourth-order valence-corrected chi connectivity index (χ4v) is 2.23. The number of carbonyl (C=O) groups is 1. The largest absolute Gasteiger partial charge is 0.508 e. The van der Waals surface area contributed by atoms with Gasteiger partial charge in [-0.1, -0.05) is 29.4 Å². The van der Waals surface area contributed by atoms with Crippen LogP contribution in [-0.2, 0) is 6.42 Å². The Bertz CT molecular complexity index is 645. The van der Waals surface area contributed by atoms with Crippen molar-refractivity contribution in [3.8, 4) is 11.5 Å². The van der Waals surface area contributed by atoms with Gasteiger partial charge in [-0.3, -0.25) is 4.79 Å². The van der Waals surface area contributed by atoms with E-state index >= 15 is 0 Å². The highest BCUT2D eigenvalue weighted by Crippen LogP contribution is 2.32. The first-order valence-electron chi connectivity index (χ1n) is 7.86. The van der Waals surface area contributed by atoms with Crippen LogP contribution in [0.25, 0.3) is 0 Å². The average Bonchev–Trinajstić information content (AvgIpc) is 2.46. The zero-order chi connectivity index (χ0) is 17.4. The number of rotatable bonds is 7. The first-order valence-corrected chi connectivity index (χ1v) is 7.86. The SMILES string of the molecule is CC=CC(=O)c1ccc(O)c(CC=C(C)CCC=C(C)C)c1O. The van der Waals surface area contributed by atoms with Gasteiger partial charge < -0.3 is 10.2 Å². The van der Waals surface area contributed by atoms with Gasteiger partial charge in [0.05, 0.1) is 5.56 Å². The predicted octanol–water partition coefficient (Wildman–Crippen LogP) is 5.09. The fourth-order valence-electron chi connectivity index (χ4n) is 2.23. The average molecular weight is 314 g/mol. The van der Waals surface area contributed by atoms with Gasteiger partial charge in [0.2, 0.25) is 0 Å². The van der Waals surface area contributed by atoms with Crippen LogP contribution < -0.4 is 0 Å². The molecule has 3 nitrogen and oxygen atoms in total. The summed E-state index contributed by atoms with van der Waals surface area (Å²) in [5, 5.41) is 20.2. The number of phenolic OH excluding ortho intramolecular Hbond substituents is 2. The summed E-state index contributed by atoms with van der Waals surface area (Å²) in [4.78, 5) is 11.9. The lowest BCUT2D eigenvalue weighted by atomic mass is 10.00. The summed E-state index contributed by atoms with van der Waals surface area (Å²) in [6.45, 7) is 7.92. The first-order chi connectivity index (χ1) is 10.9. The Morgan fingerprint density at radius 2 is 1.83 bits per heavy atom. The highest BCUT2D eigenvalue weighted by atomic mass is 16.3. The van der Waals surface area contributed by atoms with Crippen LogP contribution in [0.2, 0.25) is 0 Å². The molecule has 1 aromatic rings. The molecule has 0 spiro atoms. The smallest absolute Gasteiger partial charge is 0.189 e. The van der Waals surface area contributed by atoms with E-state index < -0.39 is 0 Å². The van der Waals surface area contributed by atoms with E-state index in [-0.39, 0.29) is 22.8 Å². The summed E-state index contributed by atoms with van der Waals surface area (Å²) in [5.74, 6) is -0.398. The standard InChI is InChI=1S/C20H26O3/c1-5-7-18(21)17-12-13-19(22)16(20(17)23)11-10-15(4)9-6-8-14(2)3/h5,7-8,10,12-13,22-23H,6,9,11H2,1-4H3. The van der Waals surface area contributed by atoms with Gasteiger partial charge in [-0.25, -0.2) is 0 Å². The normalized spacial score (nSPS) is 11.7. The van der Waals surface area contributed by atoms with Crippen molar-refractivity contribution in [3.05, 3.63) is 58.7 Å². The molecule has 23 heavy (non-hydrogen) atoms. The van der Waals surface area contributed by atoms with Crippen LogP contribution >= 0.6 is 0 Å². The molecule has 0 saturated carbocycles. The minimum Gasteiger partial charge on any atom is -0.508 e. The molecule has 0 fully saturated rings. The molecular formula is C20H26O3. The van der Waals surface area contributed by atoms with Gasteiger partial charge in [-0.05, 0) is 65.2 Å². The minimum absolute atomic E-state index is 0.00729. The molecule has 0 radical (unpaired) electrons. The molecule has 0 amide bonds. The Hall–Kier alpha value is -2.29. The van der Waals surface area contributed by atoms with Gasteiger partial charge in [-0.15, -0.1) is 0 Å². The maximum Gasteiger partial charge on any atom is 0.189 e. The zero-order valence-corrected chi connectivity index (χ0v) is 14.4. The van der Waals surface area contributed by atoms with Gasteiger partial charge in [-0.2, -0.15) is 0 Å². The van der Waals surface area contributed by atoms with E-state index in [0.717, 1.165) is 12.8 Å². The Morgan fingerprint density at radius 3 is 2.43 bits per heavy atom. The van der Waals surface area contributed by atoms with Crippen molar-refractivity contribution in [2.24, 2.45) is 0 Å². The summed E-state index contributed by atoms with van der Waals surface area (Å²) in [6, 6.07) is 2.90. The molecule has 0 unspecified atom stereocenters. The number of ketones is 1. The Labute approximate surface area is 138 Å². The number of phenols is 2. The van der Waals surface area contributed by atoms with Crippen molar-refractivity contribution >= 4 is 5.78 Å². The van der Waals surface area contributed by atoms with Gasteiger partial charge >= 0.3 is 0 Å². The number of hydrogen-bond acceptors (Lipinski definition) is 3. The van der Waals surface area contributed by atoms with Crippen molar-refractivity contribution in [1.82, 2.24) is 0 Å². The molecule has 0 aliphatic carbocycles. The van der Waals surface area contributed by atoms with E-state index in [2.05, 4.69) is 19.9 Å². The third-order valence-corrected chi connectivity index (χ3v) is 3.59. The van der Waals surface area contributed by atoms with Crippen molar-refractivity contribution in [2.75, 3.05) is 0 Å². The van der Waals surface area contributed by atoms with Crippen molar-refractivity contribution in [3.63, 3.8) is 0 Å². The molecule has 3 heteroatoms. The van der Waals surface area contributed by atoms with E-state index in [1.54, 1.807) is 13.0 Å². The third kappa shape index (κ3) is 5.78. The number of carbonyl (C=O) groups excluding carboxylic acids is 1. The Balaban J connectivity index is 2.93. The van der Waals surface area contributed by atoms with Gasteiger partial charge in [0.25, 0.3) is 0 Å². The molecule has 124 valence electrons. The lowest BCUT2D eigenvalue weighted by Crippen LogP contribution is -1.98. The van der Waals surface area contributed by atoms with E-state index in [1.807, 2.05) is 13.0 Å². The monoisotopic (exact) mass is 314 g/mol. The van der Waals surface area contributed by atoms with E-state index in [1.165, 1.54) is 29.4 Å². The lowest BCUT2D eigenvalue weighted by Gasteiger charge is -2.09. The van der Waals surface area contributed by atoms with Crippen molar-refractivity contribution in [1.29, 1.82) is 0 Å². The summed E-state index contributed by atoms with van der Waals surface area (Å²) in [6.07, 6.45) is 9.50. The Morgan fingerprint density at radius 1 is 1.13 bits per heavy atom. The maximum absolute atomic E-state index is 11.9. The zero-order valence-electron chi connectivity index (χ0n) is 14.4. The van der Waals surface area contributed by atoms with Gasteiger partial charge in [0.15, 0.2) is 5.78 Å². The second-order valence-electron chi connectivity index (χ2n) is 5.90. The molecule has 0 atom stereocenters. The van der Waals surface area contributed by atoms with E-state index in [9.17, 15) is 15.0 Å². The van der Waals surface area contributed by atoms with Crippen LogP contribution in [0.4, 0.5) is 0 Å². The number of benzene rings is 1. The quantitative estimate of drug-likeness (QED) is 0.418. The van der Waals surface area contributed by atoms with E-state index in [4.69, 9.17) is 0 Å². The highest BCUT2D eigenvalue weighted by Gasteiger charge is 2.15. The number of allylic oxidation sites excluding steroid dienone is 6. The molecule has 1 rings (SSSR count). The van der Waals surface area contributed by atoms with Crippen molar-refractivity contribution in [2.45, 2.75) is 47.0 Å². The highest BCUT2D eigenvalue weighted by molar-refractivity contribution is 6.06. The number of hydrogen-bond donors (Lipinski definition) is 2. The van der Waals surface area contributed by atoms with E-state index in [0.29, 0.717) is 12.0 Å². The summed E-state index contributed by atoms with van der Waals surface area (Å²) < 4.78 is 0. The molecule has 1 aromatic carbocycles. The van der Waals surface area contributed by atoms with Crippen LogP contribution in [0, 0.1) is 0 Å². The van der Waals surface area contributed by atoms with Crippen molar-refractivity contribution < 1.29 is 15.0 Å². The second-order valence-corrected chi connectivity index (χ2v) is 5.90. The minimum atomic E-state index is -0.268. The van der Waals surface area contributed by atoms with Crippen LogP contribution in [0.5, 0.6) is 11.5 Å². The lowest BCUT2D eigenvalue weighted by molar-refractivity contribution is 0.104. The molecule has 0 aromatic heterocycles. The second kappa shape index (κ2) is 8.99. The van der Waals surface area contributed by atoms with Crippen LogP contribution in [0.1, 0.15) is 56.5 Å². The van der Waals surface area contributed by atoms with Gasteiger partial charge in [0.1, 0.15) is 11.5 Å². The molecule has 0 saturated heterocycles. The topological polar surface area (TPSA) is 57.5 Å². The maximum atomic E-state index is 11.9. The summed E-state index contributed by atoms with van der Waals surface area (Å²) in [7, 11) is 0. The Kier molecular flexibility index (Phi) is 7.33. The van der Waals surface area contributed by atoms with Gasteiger partial charge in [0, 0.05) is 5.56 Å².